The summed E-state index contributed by atoms with van der Waals surface area (Å²) in [5, 5.41) is 11.0. The standard InChI is InChI=1S/C9H15N3O3/c1-6(4-10)3-7(9(11)14)12-8(13)5-15-2/h6-7H,3,5H2,1-2H3,(H2,11,14)(H,12,13)/t6-,7-/m0/s1. The van der Waals surface area contributed by atoms with Crippen LogP contribution < -0.4 is 11.1 Å². The van der Waals surface area contributed by atoms with Crippen molar-refractivity contribution in [3.63, 3.8) is 0 Å². The summed E-state index contributed by atoms with van der Waals surface area (Å²) in [5.41, 5.74) is 5.08. The molecule has 0 aliphatic rings. The number of hydrogen-bond donors (Lipinski definition) is 2. The lowest BCUT2D eigenvalue weighted by Crippen LogP contribution is -2.46. The third-order valence-electron chi connectivity index (χ3n) is 1.76. The van der Waals surface area contributed by atoms with Crippen LogP contribution in [0.1, 0.15) is 13.3 Å². The Morgan fingerprint density at radius 3 is 2.60 bits per heavy atom. The van der Waals surface area contributed by atoms with Crippen LogP contribution in [0.4, 0.5) is 0 Å². The van der Waals surface area contributed by atoms with Crippen molar-refractivity contribution in [3.8, 4) is 6.07 Å². The zero-order chi connectivity index (χ0) is 11.8. The van der Waals surface area contributed by atoms with Gasteiger partial charge >= 0.3 is 0 Å². The van der Waals surface area contributed by atoms with Crippen LogP contribution in [0, 0.1) is 17.2 Å². The normalized spacial score (nSPS) is 13.7. The van der Waals surface area contributed by atoms with Crippen molar-refractivity contribution in [2.75, 3.05) is 13.7 Å². The highest BCUT2D eigenvalue weighted by Gasteiger charge is 2.20. The van der Waals surface area contributed by atoms with Crippen LogP contribution in [0.2, 0.25) is 0 Å². The first-order chi connectivity index (χ1) is 7.01. The maximum atomic E-state index is 11.1. The van der Waals surface area contributed by atoms with Crippen LogP contribution >= 0.6 is 0 Å². The molecule has 0 spiro atoms. The summed E-state index contributed by atoms with van der Waals surface area (Å²) in [5.74, 6) is -1.42. The van der Waals surface area contributed by atoms with Gasteiger partial charge < -0.3 is 15.8 Å². The first-order valence-electron chi connectivity index (χ1n) is 4.48. The average molecular weight is 213 g/mol. The molecule has 3 N–H and O–H groups in total. The Hall–Kier alpha value is -1.61. The van der Waals surface area contributed by atoms with Gasteiger partial charge in [0.2, 0.25) is 11.8 Å². The van der Waals surface area contributed by atoms with Crippen molar-refractivity contribution in [1.29, 1.82) is 5.26 Å². The van der Waals surface area contributed by atoms with E-state index in [0.29, 0.717) is 0 Å². The summed E-state index contributed by atoms with van der Waals surface area (Å²) in [6.07, 6.45) is 0.210. The highest BCUT2D eigenvalue weighted by molar-refractivity contribution is 5.87. The molecule has 15 heavy (non-hydrogen) atoms. The molecule has 6 heteroatoms. The molecule has 0 aliphatic heterocycles. The Kier molecular flexibility index (Phi) is 6.06. The van der Waals surface area contributed by atoms with Gasteiger partial charge in [-0.25, -0.2) is 0 Å². The van der Waals surface area contributed by atoms with Gasteiger partial charge in [-0.1, -0.05) is 0 Å². The zero-order valence-corrected chi connectivity index (χ0v) is 8.82. The molecule has 0 aromatic carbocycles. The number of nitriles is 1. The number of ether oxygens (including phenoxy) is 1. The molecule has 0 rings (SSSR count). The van der Waals surface area contributed by atoms with Gasteiger partial charge in [0.25, 0.3) is 0 Å². The maximum absolute atomic E-state index is 11.1. The largest absolute Gasteiger partial charge is 0.375 e. The molecule has 0 aromatic heterocycles. The average Bonchev–Trinajstić information content (AvgIpc) is 2.16. The Bertz CT molecular complexity index is 272. The zero-order valence-electron chi connectivity index (χ0n) is 8.82. The molecule has 0 bridgehead atoms. The number of nitrogens with zero attached hydrogens (tertiary/aromatic N) is 1. The van der Waals surface area contributed by atoms with Crippen molar-refractivity contribution in [1.82, 2.24) is 5.32 Å². The summed E-state index contributed by atoms with van der Waals surface area (Å²) < 4.78 is 4.59. The van der Waals surface area contributed by atoms with Crippen LogP contribution in [0.15, 0.2) is 0 Å². The Balaban J connectivity index is 4.23. The van der Waals surface area contributed by atoms with Crippen molar-refractivity contribution < 1.29 is 14.3 Å². The van der Waals surface area contributed by atoms with Gasteiger partial charge in [-0.2, -0.15) is 5.26 Å². The Morgan fingerprint density at radius 2 is 2.20 bits per heavy atom. The minimum Gasteiger partial charge on any atom is -0.375 e. The minimum atomic E-state index is -0.817. The Labute approximate surface area is 88.4 Å². The lowest BCUT2D eigenvalue weighted by Gasteiger charge is -2.15. The number of hydrogen-bond acceptors (Lipinski definition) is 4. The van der Waals surface area contributed by atoms with E-state index in [2.05, 4.69) is 10.1 Å². The van der Waals surface area contributed by atoms with Gasteiger partial charge in [-0.15, -0.1) is 0 Å². The summed E-state index contributed by atoms with van der Waals surface area (Å²) in [6.45, 7) is 1.52. The minimum absolute atomic E-state index is 0.134. The third-order valence-corrected chi connectivity index (χ3v) is 1.76. The highest BCUT2D eigenvalue weighted by Crippen LogP contribution is 2.04. The van der Waals surface area contributed by atoms with E-state index < -0.39 is 17.9 Å². The number of primary amides is 1. The molecule has 0 heterocycles. The predicted octanol–water partition coefficient (Wildman–Crippen LogP) is -0.847. The number of rotatable bonds is 6. The monoisotopic (exact) mass is 213 g/mol. The SMILES string of the molecule is COCC(=O)N[C@@H](C[C@H](C)C#N)C(N)=O. The maximum Gasteiger partial charge on any atom is 0.246 e. The first kappa shape index (κ1) is 13.4. The molecule has 2 amide bonds. The highest BCUT2D eigenvalue weighted by atomic mass is 16.5. The van der Waals surface area contributed by atoms with Gasteiger partial charge in [0.05, 0.1) is 6.07 Å². The molecule has 0 radical (unpaired) electrons. The Morgan fingerprint density at radius 1 is 1.60 bits per heavy atom. The fraction of sp³-hybridized carbons (Fsp3) is 0.667. The number of carbonyl (C=O) groups is 2. The first-order valence-corrected chi connectivity index (χ1v) is 4.48. The number of nitrogens with one attached hydrogen (secondary N) is 1. The summed E-state index contributed by atoms with van der Waals surface area (Å²) >= 11 is 0. The fourth-order valence-corrected chi connectivity index (χ4v) is 1.02. The summed E-state index contributed by atoms with van der Waals surface area (Å²) in [4.78, 5) is 22.0. The van der Waals surface area contributed by atoms with E-state index in [4.69, 9.17) is 11.0 Å². The molecule has 0 fully saturated rings. The number of nitrogens with two attached hydrogens (primary N) is 1. The quantitative estimate of drug-likeness (QED) is 0.599. The van der Waals surface area contributed by atoms with E-state index in [-0.39, 0.29) is 18.9 Å². The summed E-state index contributed by atoms with van der Waals surface area (Å²) in [6, 6.07) is 1.15. The molecule has 6 nitrogen and oxygen atoms in total. The molecular formula is C9H15N3O3. The number of methoxy groups -OCH3 is 1. The van der Waals surface area contributed by atoms with E-state index in [0.717, 1.165) is 0 Å². The second-order valence-electron chi connectivity index (χ2n) is 3.22. The summed E-state index contributed by atoms with van der Waals surface area (Å²) in [7, 11) is 1.37. The second kappa shape index (κ2) is 6.79. The third kappa shape index (κ3) is 5.65. The van der Waals surface area contributed by atoms with Gasteiger partial charge in [0, 0.05) is 13.0 Å². The number of carbonyl (C=O) groups excluding carboxylic acids is 2. The van der Waals surface area contributed by atoms with Crippen molar-refractivity contribution >= 4 is 11.8 Å². The van der Waals surface area contributed by atoms with Gasteiger partial charge in [0.15, 0.2) is 0 Å². The lowest BCUT2D eigenvalue weighted by molar-refractivity contribution is -0.129. The molecule has 0 unspecified atom stereocenters. The van der Waals surface area contributed by atoms with Gasteiger partial charge in [0.1, 0.15) is 12.6 Å². The van der Waals surface area contributed by atoms with E-state index in [1.54, 1.807) is 6.92 Å². The van der Waals surface area contributed by atoms with Crippen LogP contribution in [0.5, 0.6) is 0 Å². The van der Waals surface area contributed by atoms with Gasteiger partial charge in [-0.05, 0) is 13.3 Å². The fourth-order valence-electron chi connectivity index (χ4n) is 1.02. The van der Waals surface area contributed by atoms with E-state index in [1.807, 2.05) is 6.07 Å². The predicted molar refractivity (Wildman–Crippen MR) is 52.4 cm³/mol. The molecular weight excluding hydrogens is 198 g/mol. The van der Waals surface area contributed by atoms with Crippen molar-refractivity contribution in [2.45, 2.75) is 19.4 Å². The molecule has 0 aliphatic carbocycles. The topological polar surface area (TPSA) is 105 Å². The van der Waals surface area contributed by atoms with Gasteiger partial charge in [-0.3, -0.25) is 9.59 Å². The van der Waals surface area contributed by atoms with Crippen LogP contribution in [0.25, 0.3) is 0 Å². The van der Waals surface area contributed by atoms with E-state index in [1.165, 1.54) is 7.11 Å². The molecule has 0 aromatic rings. The molecule has 2 atom stereocenters. The van der Waals surface area contributed by atoms with Crippen LogP contribution in [-0.2, 0) is 14.3 Å². The van der Waals surface area contributed by atoms with Crippen molar-refractivity contribution in [2.24, 2.45) is 11.7 Å². The number of amides is 2. The molecule has 84 valence electrons. The van der Waals surface area contributed by atoms with Crippen LogP contribution in [-0.4, -0.2) is 31.6 Å². The smallest absolute Gasteiger partial charge is 0.246 e. The van der Waals surface area contributed by atoms with Crippen molar-refractivity contribution in [3.05, 3.63) is 0 Å². The second-order valence-corrected chi connectivity index (χ2v) is 3.22. The van der Waals surface area contributed by atoms with Crippen LogP contribution in [0.3, 0.4) is 0 Å². The van der Waals surface area contributed by atoms with E-state index in [9.17, 15) is 9.59 Å². The van der Waals surface area contributed by atoms with E-state index >= 15 is 0 Å². The molecule has 0 saturated heterocycles. The lowest BCUT2D eigenvalue weighted by atomic mass is 10.0. The molecule has 0 saturated carbocycles.